The van der Waals surface area contributed by atoms with Gasteiger partial charge in [0.15, 0.2) is 0 Å². The number of amides is 1. The molecule has 3 N–H and O–H groups in total. The molecule has 0 saturated heterocycles. The van der Waals surface area contributed by atoms with Crippen molar-refractivity contribution < 1.29 is 4.79 Å². The van der Waals surface area contributed by atoms with E-state index in [0.717, 1.165) is 4.90 Å². The number of halogens is 1. The van der Waals surface area contributed by atoms with Crippen LogP contribution in [0.2, 0.25) is 0 Å². The number of nitrogens with one attached hydrogen (secondary N) is 1. The van der Waals surface area contributed by atoms with Crippen LogP contribution in [0.1, 0.15) is 12.5 Å². The van der Waals surface area contributed by atoms with E-state index in [9.17, 15) is 4.79 Å². The maximum Gasteiger partial charge on any atom is 0.233 e. The first-order valence-corrected chi connectivity index (χ1v) is 6.22. The van der Waals surface area contributed by atoms with Gasteiger partial charge in [-0.1, -0.05) is 17.7 Å². The third kappa shape index (κ3) is 5.96. The summed E-state index contributed by atoms with van der Waals surface area (Å²) in [4.78, 5) is 12.7. The molecule has 0 saturated carbocycles. The molecule has 1 unspecified atom stereocenters. The second-order valence-corrected chi connectivity index (χ2v) is 5.07. The molecule has 3 nitrogen and oxygen atoms in total. The zero-order valence-electron chi connectivity index (χ0n) is 10.1. The Bertz CT molecular complexity index is 343. The Labute approximate surface area is 113 Å². The SMILES string of the molecule is Cc1ccc(SC(C)C(=O)NCCN)cc1.Cl. The first-order chi connectivity index (χ1) is 7.63. The molecule has 1 aromatic carbocycles. The average Bonchev–Trinajstić information content (AvgIpc) is 2.29. The van der Waals surface area contributed by atoms with Crippen LogP contribution in [0.25, 0.3) is 0 Å². The molecule has 1 atom stereocenters. The lowest BCUT2D eigenvalue weighted by Gasteiger charge is -2.11. The number of thioether (sulfide) groups is 1. The van der Waals surface area contributed by atoms with Crippen LogP contribution in [0.4, 0.5) is 0 Å². The summed E-state index contributed by atoms with van der Waals surface area (Å²) < 4.78 is 0. The van der Waals surface area contributed by atoms with E-state index in [2.05, 4.69) is 5.32 Å². The van der Waals surface area contributed by atoms with Gasteiger partial charge in [0.2, 0.25) is 5.91 Å². The number of carbonyl (C=O) groups excluding carboxylic acids is 1. The van der Waals surface area contributed by atoms with Gasteiger partial charge in [-0.15, -0.1) is 24.2 Å². The van der Waals surface area contributed by atoms with Gasteiger partial charge in [0.05, 0.1) is 5.25 Å². The van der Waals surface area contributed by atoms with Crippen LogP contribution in [-0.2, 0) is 4.79 Å². The van der Waals surface area contributed by atoms with Crippen LogP contribution >= 0.6 is 24.2 Å². The molecule has 1 rings (SSSR count). The molecule has 5 heteroatoms. The predicted octanol–water partition coefficient (Wildman–Crippen LogP) is 1.97. The van der Waals surface area contributed by atoms with Crippen molar-refractivity contribution in [2.45, 2.75) is 24.0 Å². The van der Waals surface area contributed by atoms with Crippen LogP contribution in [0.15, 0.2) is 29.2 Å². The van der Waals surface area contributed by atoms with E-state index in [1.54, 1.807) is 11.8 Å². The smallest absolute Gasteiger partial charge is 0.233 e. The molecular weight excluding hydrogens is 256 g/mol. The van der Waals surface area contributed by atoms with Gasteiger partial charge in [0, 0.05) is 18.0 Å². The summed E-state index contributed by atoms with van der Waals surface area (Å²) in [6, 6.07) is 8.17. The molecule has 17 heavy (non-hydrogen) atoms. The van der Waals surface area contributed by atoms with Crippen molar-refractivity contribution in [2.75, 3.05) is 13.1 Å². The quantitative estimate of drug-likeness (QED) is 0.807. The lowest BCUT2D eigenvalue weighted by molar-refractivity contribution is -0.120. The largest absolute Gasteiger partial charge is 0.354 e. The van der Waals surface area contributed by atoms with Crippen LogP contribution in [-0.4, -0.2) is 24.2 Å². The normalized spacial score (nSPS) is 11.5. The summed E-state index contributed by atoms with van der Waals surface area (Å²) in [6.07, 6.45) is 0. The second kappa shape index (κ2) is 8.39. The zero-order chi connectivity index (χ0) is 12.0. The van der Waals surface area contributed by atoms with Gasteiger partial charge in [-0.2, -0.15) is 0 Å². The van der Waals surface area contributed by atoms with Crippen LogP contribution < -0.4 is 11.1 Å². The molecule has 0 bridgehead atoms. The summed E-state index contributed by atoms with van der Waals surface area (Å²) >= 11 is 1.56. The molecule has 0 aliphatic carbocycles. The zero-order valence-corrected chi connectivity index (χ0v) is 11.7. The molecule has 0 aliphatic heterocycles. The number of hydrogen-bond acceptors (Lipinski definition) is 3. The summed E-state index contributed by atoms with van der Waals surface area (Å²) in [6.45, 7) is 4.97. The molecule has 1 aromatic rings. The molecule has 0 aliphatic rings. The highest BCUT2D eigenvalue weighted by atomic mass is 35.5. The molecule has 0 heterocycles. The highest BCUT2D eigenvalue weighted by Gasteiger charge is 2.13. The lowest BCUT2D eigenvalue weighted by atomic mass is 10.2. The second-order valence-electron chi connectivity index (χ2n) is 3.65. The van der Waals surface area contributed by atoms with Gasteiger partial charge in [0.1, 0.15) is 0 Å². The summed E-state index contributed by atoms with van der Waals surface area (Å²) in [5, 5.41) is 2.69. The topological polar surface area (TPSA) is 55.1 Å². The van der Waals surface area contributed by atoms with E-state index in [1.165, 1.54) is 5.56 Å². The standard InChI is InChI=1S/C12H18N2OS.ClH/c1-9-3-5-11(6-4-9)16-10(2)12(15)14-8-7-13;/h3-6,10H,7-8,13H2,1-2H3,(H,14,15);1H. The van der Waals surface area contributed by atoms with Crippen molar-refractivity contribution in [1.82, 2.24) is 5.32 Å². The minimum Gasteiger partial charge on any atom is -0.354 e. The van der Waals surface area contributed by atoms with E-state index in [1.807, 2.05) is 38.1 Å². The van der Waals surface area contributed by atoms with Crippen molar-refractivity contribution in [3.63, 3.8) is 0 Å². The van der Waals surface area contributed by atoms with Crippen molar-refractivity contribution >= 4 is 30.1 Å². The van der Waals surface area contributed by atoms with Gasteiger partial charge in [0.25, 0.3) is 0 Å². The predicted molar refractivity (Wildman–Crippen MR) is 75.8 cm³/mol. The van der Waals surface area contributed by atoms with E-state index >= 15 is 0 Å². The molecular formula is C12H19ClN2OS. The van der Waals surface area contributed by atoms with Crippen molar-refractivity contribution in [1.29, 1.82) is 0 Å². The molecule has 1 amide bonds. The Balaban J connectivity index is 0.00000256. The minimum atomic E-state index is -0.0887. The van der Waals surface area contributed by atoms with Crippen molar-refractivity contribution in [2.24, 2.45) is 5.73 Å². The maximum absolute atomic E-state index is 11.6. The Hall–Kier alpha value is -0.710. The van der Waals surface area contributed by atoms with E-state index < -0.39 is 0 Å². The number of hydrogen-bond donors (Lipinski definition) is 2. The lowest BCUT2D eigenvalue weighted by Crippen LogP contribution is -2.34. The van der Waals surface area contributed by atoms with Gasteiger partial charge in [-0.25, -0.2) is 0 Å². The molecule has 0 radical (unpaired) electrons. The highest BCUT2D eigenvalue weighted by Crippen LogP contribution is 2.23. The fraction of sp³-hybridized carbons (Fsp3) is 0.417. The van der Waals surface area contributed by atoms with E-state index in [0.29, 0.717) is 13.1 Å². The van der Waals surface area contributed by atoms with Crippen LogP contribution in [0, 0.1) is 6.92 Å². The van der Waals surface area contributed by atoms with Crippen LogP contribution in [0.5, 0.6) is 0 Å². The van der Waals surface area contributed by atoms with Crippen molar-refractivity contribution in [3.05, 3.63) is 29.8 Å². The summed E-state index contributed by atoms with van der Waals surface area (Å²) in [5.41, 5.74) is 6.55. The molecule has 0 fully saturated rings. The van der Waals surface area contributed by atoms with Crippen LogP contribution in [0.3, 0.4) is 0 Å². The first kappa shape index (κ1) is 16.3. The summed E-state index contributed by atoms with van der Waals surface area (Å²) in [7, 11) is 0. The van der Waals surface area contributed by atoms with Gasteiger partial charge < -0.3 is 11.1 Å². The van der Waals surface area contributed by atoms with Gasteiger partial charge in [-0.05, 0) is 26.0 Å². The molecule has 96 valence electrons. The Morgan fingerprint density at radius 2 is 2.00 bits per heavy atom. The van der Waals surface area contributed by atoms with E-state index in [4.69, 9.17) is 5.73 Å². The Kier molecular flexibility index (Phi) is 8.04. The Morgan fingerprint density at radius 1 is 1.41 bits per heavy atom. The maximum atomic E-state index is 11.6. The molecule has 0 spiro atoms. The van der Waals surface area contributed by atoms with Gasteiger partial charge in [-0.3, -0.25) is 4.79 Å². The third-order valence-electron chi connectivity index (χ3n) is 2.15. The fourth-order valence-corrected chi connectivity index (χ4v) is 2.11. The van der Waals surface area contributed by atoms with Crippen molar-refractivity contribution in [3.8, 4) is 0 Å². The third-order valence-corrected chi connectivity index (χ3v) is 3.26. The number of benzene rings is 1. The van der Waals surface area contributed by atoms with Gasteiger partial charge >= 0.3 is 0 Å². The highest BCUT2D eigenvalue weighted by molar-refractivity contribution is 8.00. The monoisotopic (exact) mass is 274 g/mol. The number of carbonyl (C=O) groups is 1. The first-order valence-electron chi connectivity index (χ1n) is 5.34. The number of nitrogens with two attached hydrogens (primary N) is 1. The van der Waals surface area contributed by atoms with E-state index in [-0.39, 0.29) is 23.6 Å². The number of rotatable bonds is 5. The molecule has 0 aromatic heterocycles. The fourth-order valence-electron chi connectivity index (χ4n) is 1.21. The average molecular weight is 275 g/mol. The minimum absolute atomic E-state index is 0. The summed E-state index contributed by atoms with van der Waals surface area (Å²) in [5.74, 6) is 0.0380. The Morgan fingerprint density at radius 3 is 2.53 bits per heavy atom. The number of aryl methyl sites for hydroxylation is 1.